The molecular formula is C74H81N4OPt-3. The monoisotopic (exact) mass is 1240 g/mol. The minimum absolute atomic E-state index is 0. The van der Waals surface area contributed by atoms with Gasteiger partial charge in [-0.15, -0.1) is 53.6 Å². The Labute approximate surface area is 493 Å². The summed E-state index contributed by atoms with van der Waals surface area (Å²) in [5.74, 6) is 2.61. The van der Waals surface area contributed by atoms with Crippen molar-refractivity contribution in [3.05, 3.63) is 233 Å². The Morgan fingerprint density at radius 1 is 0.500 bits per heavy atom. The molecule has 0 N–H and O–H groups in total. The number of aromatic nitrogens is 2. The van der Waals surface area contributed by atoms with Crippen LogP contribution in [0.5, 0.6) is 11.5 Å². The Balaban J connectivity index is 0.00000774. The Morgan fingerprint density at radius 3 is 1.62 bits per heavy atom. The minimum atomic E-state index is -0.275. The maximum Gasteiger partial charge on any atom is 0.135 e. The molecule has 0 amide bonds. The maximum absolute atomic E-state index is 7.20. The molecule has 80 heavy (non-hydrogen) atoms. The standard InChI is InChI=1S/C74H81N4O.Pt/c1-48(2)61-29-24-30-62(49(3)4)69(61)50-37-57(76-46-67(72(11,12)13)77(47-76)58-40-55(70(5,6)7)39-56(41-58)71(8,9)10)44-60(38-50)79-59-32-33-63-64-42-53(73(14,15)51-25-20-18-21-26-51)31-34-65(64)78(66(63)45-59)68-43-54(35-36-75-68)74(16,17)52-27-22-19-23-28-52;/h18-43,46-49H,1-17H3;/q-3;. The third-order valence-corrected chi connectivity index (χ3v) is 16.5. The third kappa shape index (κ3) is 11.2. The second-order valence-corrected chi connectivity index (χ2v) is 26.8. The van der Waals surface area contributed by atoms with Crippen molar-refractivity contribution in [3.8, 4) is 28.4 Å². The number of hydrogen-bond acceptors (Lipinski definition) is 4. The molecule has 0 unspecified atom stereocenters. The van der Waals surface area contributed by atoms with Crippen LogP contribution in [0.25, 0.3) is 38.8 Å². The summed E-state index contributed by atoms with van der Waals surface area (Å²) in [5, 5.41) is 2.21. The number of allylic oxidation sites excluding steroid dienone is 1. The summed E-state index contributed by atoms with van der Waals surface area (Å²) in [5.41, 5.74) is 16.9. The number of rotatable bonds is 12. The van der Waals surface area contributed by atoms with Crippen LogP contribution >= 0.6 is 0 Å². The molecule has 0 saturated heterocycles. The second kappa shape index (κ2) is 21.7. The van der Waals surface area contributed by atoms with E-state index in [1.165, 1.54) is 55.8 Å². The zero-order valence-electron chi connectivity index (χ0n) is 50.3. The van der Waals surface area contributed by atoms with E-state index >= 15 is 0 Å². The van der Waals surface area contributed by atoms with Crippen LogP contribution in [0, 0.1) is 24.2 Å². The summed E-state index contributed by atoms with van der Waals surface area (Å²) >= 11 is 0. The molecule has 0 bridgehead atoms. The molecule has 6 heteroatoms. The normalized spacial score (nSPS) is 13.7. The topological polar surface area (TPSA) is 33.5 Å². The molecule has 0 radical (unpaired) electrons. The average molecular weight is 1240 g/mol. The van der Waals surface area contributed by atoms with Crippen molar-refractivity contribution in [1.29, 1.82) is 0 Å². The summed E-state index contributed by atoms with van der Waals surface area (Å²) in [6.45, 7) is 41.4. The van der Waals surface area contributed by atoms with Crippen molar-refractivity contribution in [2.75, 3.05) is 9.80 Å². The average Bonchev–Trinajstić information content (AvgIpc) is 4.01. The molecule has 1 aliphatic rings. The Bertz CT molecular complexity index is 3690. The van der Waals surface area contributed by atoms with E-state index < -0.39 is 0 Å². The van der Waals surface area contributed by atoms with Gasteiger partial charge in [0.1, 0.15) is 5.82 Å². The van der Waals surface area contributed by atoms with E-state index in [0.29, 0.717) is 23.3 Å². The minimum Gasteiger partial charge on any atom is -0.509 e. The van der Waals surface area contributed by atoms with Crippen LogP contribution in [0.4, 0.5) is 11.4 Å². The van der Waals surface area contributed by atoms with Crippen molar-refractivity contribution in [2.45, 2.75) is 151 Å². The number of ether oxygens (including phenoxy) is 1. The first-order valence-electron chi connectivity index (χ1n) is 28.5. The Morgan fingerprint density at radius 2 is 1.07 bits per heavy atom. The molecule has 1 aliphatic heterocycles. The van der Waals surface area contributed by atoms with Crippen LogP contribution in [0.1, 0.15) is 174 Å². The van der Waals surface area contributed by atoms with Gasteiger partial charge >= 0.3 is 0 Å². The van der Waals surface area contributed by atoms with Crippen molar-refractivity contribution in [1.82, 2.24) is 9.55 Å². The van der Waals surface area contributed by atoms with Gasteiger partial charge in [-0.05, 0) is 115 Å². The van der Waals surface area contributed by atoms with Gasteiger partial charge in [-0.2, -0.15) is 6.07 Å². The van der Waals surface area contributed by atoms with Gasteiger partial charge in [-0.1, -0.05) is 220 Å². The quantitative estimate of drug-likeness (QED) is 0.114. The molecule has 0 spiro atoms. The maximum atomic E-state index is 7.20. The number of pyridine rings is 1. The van der Waals surface area contributed by atoms with Crippen molar-refractivity contribution < 1.29 is 25.8 Å². The largest absolute Gasteiger partial charge is 0.509 e. The zero-order chi connectivity index (χ0) is 56.6. The molecule has 3 heterocycles. The van der Waals surface area contributed by atoms with Crippen molar-refractivity contribution >= 4 is 33.2 Å². The van der Waals surface area contributed by atoms with E-state index in [-0.39, 0.29) is 48.1 Å². The Kier molecular flexibility index (Phi) is 15.7. The van der Waals surface area contributed by atoms with Gasteiger partial charge in [0, 0.05) is 71.9 Å². The fourth-order valence-corrected chi connectivity index (χ4v) is 11.4. The predicted molar refractivity (Wildman–Crippen MR) is 334 cm³/mol. The molecule has 0 saturated carbocycles. The van der Waals surface area contributed by atoms with Crippen LogP contribution < -0.4 is 14.5 Å². The summed E-state index contributed by atoms with van der Waals surface area (Å²) in [7, 11) is 0. The zero-order valence-corrected chi connectivity index (χ0v) is 52.6. The number of benzene rings is 7. The first-order valence-corrected chi connectivity index (χ1v) is 28.5. The number of fused-ring (bicyclic) bond motifs is 3. The van der Waals surface area contributed by atoms with Gasteiger partial charge in [-0.3, -0.25) is 0 Å². The van der Waals surface area contributed by atoms with E-state index in [1.807, 2.05) is 6.20 Å². The molecule has 9 aromatic rings. The van der Waals surface area contributed by atoms with Gasteiger partial charge < -0.3 is 19.1 Å². The number of nitrogens with zero attached hydrogens (tertiary/aromatic N) is 4. The van der Waals surface area contributed by atoms with Gasteiger partial charge in [0.2, 0.25) is 0 Å². The van der Waals surface area contributed by atoms with Crippen molar-refractivity contribution in [2.24, 2.45) is 5.41 Å². The van der Waals surface area contributed by atoms with E-state index in [2.05, 4.69) is 309 Å². The Hall–Kier alpha value is -6.68. The first kappa shape index (κ1) is 58.0. The van der Waals surface area contributed by atoms with Crippen LogP contribution in [0.2, 0.25) is 0 Å². The van der Waals surface area contributed by atoms with E-state index in [4.69, 9.17) is 9.72 Å². The molecule has 416 valence electrons. The van der Waals surface area contributed by atoms with Crippen LogP contribution in [-0.2, 0) is 42.7 Å². The fraction of sp³-hybridized carbons (Fsp3) is 0.324. The summed E-state index contributed by atoms with van der Waals surface area (Å²) < 4.78 is 9.47. The fourth-order valence-electron chi connectivity index (χ4n) is 11.4. The number of anilines is 2. The SMILES string of the molecule is CC(C)c1cccc(C(C)C)c1-c1cc(Oc2[c-]c3c(cc2)c2cc(C(C)(C)c4ccccc4)ccc2n3-c2cc(C(C)(C)c3ccccc3)ccn2)[c-]c(N2C=C(C(C)(C)C)N(c3cc(C(C)(C)C)cc(C(C)(C)C)c3)[CH-]2)c1.[Pt]. The van der Waals surface area contributed by atoms with Crippen LogP contribution in [-0.4, -0.2) is 9.55 Å². The van der Waals surface area contributed by atoms with E-state index in [1.54, 1.807) is 0 Å². The van der Waals surface area contributed by atoms with Crippen LogP contribution in [0.3, 0.4) is 0 Å². The molecule has 0 atom stereocenters. The van der Waals surface area contributed by atoms with E-state index in [9.17, 15) is 0 Å². The third-order valence-electron chi connectivity index (χ3n) is 16.5. The van der Waals surface area contributed by atoms with Crippen LogP contribution in [0.15, 0.2) is 170 Å². The molecule has 0 aliphatic carbocycles. The van der Waals surface area contributed by atoms with Gasteiger partial charge in [-0.25, -0.2) is 4.98 Å². The van der Waals surface area contributed by atoms with Crippen molar-refractivity contribution in [3.63, 3.8) is 0 Å². The van der Waals surface area contributed by atoms with Gasteiger partial charge in [0.25, 0.3) is 0 Å². The van der Waals surface area contributed by atoms with E-state index in [0.717, 1.165) is 44.6 Å². The molecule has 5 nitrogen and oxygen atoms in total. The molecule has 7 aromatic carbocycles. The molecule has 0 fully saturated rings. The summed E-state index contributed by atoms with van der Waals surface area (Å²) in [6.07, 6.45) is 4.24. The number of hydrogen-bond donors (Lipinski definition) is 0. The molecule has 10 rings (SSSR count). The molecule has 2 aromatic heterocycles. The first-order chi connectivity index (χ1) is 37.2. The second-order valence-electron chi connectivity index (χ2n) is 26.8. The predicted octanol–water partition coefficient (Wildman–Crippen LogP) is 20.1. The van der Waals surface area contributed by atoms with Gasteiger partial charge in [0.05, 0.1) is 0 Å². The summed E-state index contributed by atoms with van der Waals surface area (Å²) in [6, 6.07) is 63.2. The summed E-state index contributed by atoms with van der Waals surface area (Å²) in [4.78, 5) is 9.77. The molecular weight excluding hydrogens is 1160 g/mol. The smallest absolute Gasteiger partial charge is 0.135 e. The van der Waals surface area contributed by atoms with Gasteiger partial charge in [0.15, 0.2) is 0 Å².